The second kappa shape index (κ2) is 8.67. The van der Waals surface area contributed by atoms with E-state index in [0.717, 1.165) is 17.3 Å². The van der Waals surface area contributed by atoms with Crippen molar-refractivity contribution < 1.29 is 4.42 Å². The van der Waals surface area contributed by atoms with Crippen LogP contribution in [0.15, 0.2) is 98.6 Å². The van der Waals surface area contributed by atoms with E-state index in [1.165, 1.54) is 25.8 Å². The lowest BCUT2D eigenvalue weighted by Crippen LogP contribution is -1.88. The number of thioether (sulfide) groups is 2. The third-order valence-electron chi connectivity index (χ3n) is 3.99. The Morgan fingerprint density at radius 1 is 0.731 bits per heavy atom. The Labute approximate surface area is 166 Å². The molecule has 1 nitrogen and oxygen atoms in total. The lowest BCUT2D eigenvalue weighted by molar-refractivity contribution is 0.580. The van der Waals surface area contributed by atoms with Crippen LogP contribution in [0, 0.1) is 0 Å². The molecule has 0 aliphatic heterocycles. The molecule has 2 aromatic carbocycles. The first-order valence-corrected chi connectivity index (χ1v) is 11.2. The van der Waals surface area contributed by atoms with Crippen molar-refractivity contribution >= 4 is 34.9 Å². The first-order chi connectivity index (χ1) is 12.9. The van der Waals surface area contributed by atoms with Crippen molar-refractivity contribution in [3.63, 3.8) is 0 Å². The molecule has 0 aliphatic carbocycles. The predicted molar refractivity (Wildman–Crippen MR) is 114 cm³/mol. The van der Waals surface area contributed by atoms with Gasteiger partial charge in [0.15, 0.2) is 0 Å². The van der Waals surface area contributed by atoms with Crippen LogP contribution in [0.25, 0.3) is 10.6 Å². The average Bonchev–Trinajstić information content (AvgIpc) is 3.36. The van der Waals surface area contributed by atoms with E-state index < -0.39 is 0 Å². The summed E-state index contributed by atoms with van der Waals surface area (Å²) in [5, 5.41) is 2.10. The van der Waals surface area contributed by atoms with Crippen molar-refractivity contribution in [2.75, 3.05) is 0 Å². The fourth-order valence-corrected chi connectivity index (χ4v) is 5.29. The van der Waals surface area contributed by atoms with Gasteiger partial charge in [-0.3, -0.25) is 0 Å². The van der Waals surface area contributed by atoms with Gasteiger partial charge >= 0.3 is 0 Å². The van der Waals surface area contributed by atoms with Crippen molar-refractivity contribution in [2.45, 2.75) is 21.3 Å². The zero-order valence-corrected chi connectivity index (χ0v) is 16.6. The predicted octanol–water partition coefficient (Wildman–Crippen LogP) is 7.59. The second-order valence-electron chi connectivity index (χ2n) is 5.75. The van der Waals surface area contributed by atoms with Crippen molar-refractivity contribution in [3.8, 4) is 10.6 Å². The zero-order valence-electron chi connectivity index (χ0n) is 14.1. The van der Waals surface area contributed by atoms with E-state index in [0.29, 0.717) is 0 Å². The normalized spacial score (nSPS) is 10.9. The number of hydrogen-bond acceptors (Lipinski definition) is 4. The standard InChI is InChI=1S/C22H18OS3/c1-3-8-18(9-4-1)25-15-17-14-23-22(21-12-7-13-24-21)20(17)16-26-19-10-5-2-6-11-19/h1-14H,15-16H2. The third-order valence-corrected chi connectivity index (χ3v) is 6.96. The highest BCUT2D eigenvalue weighted by atomic mass is 32.2. The number of benzene rings is 2. The summed E-state index contributed by atoms with van der Waals surface area (Å²) in [6.45, 7) is 0. The molecule has 2 aromatic heterocycles. The topological polar surface area (TPSA) is 13.1 Å². The minimum atomic E-state index is 0.915. The highest BCUT2D eigenvalue weighted by molar-refractivity contribution is 7.99. The molecule has 0 saturated heterocycles. The Hall–Kier alpha value is -1.88. The molecule has 0 saturated carbocycles. The summed E-state index contributed by atoms with van der Waals surface area (Å²) >= 11 is 5.44. The van der Waals surface area contributed by atoms with E-state index in [1.54, 1.807) is 11.3 Å². The van der Waals surface area contributed by atoms with Gasteiger partial charge in [0.2, 0.25) is 0 Å². The summed E-state index contributed by atoms with van der Waals surface area (Å²) in [6, 6.07) is 25.3. The molecule has 0 amide bonds. The van der Waals surface area contributed by atoms with Crippen molar-refractivity contribution in [2.24, 2.45) is 0 Å². The van der Waals surface area contributed by atoms with Crippen LogP contribution >= 0.6 is 34.9 Å². The van der Waals surface area contributed by atoms with Gasteiger partial charge in [-0.05, 0) is 35.7 Å². The van der Waals surface area contributed by atoms with E-state index >= 15 is 0 Å². The van der Waals surface area contributed by atoms with Gasteiger partial charge in [0.1, 0.15) is 5.76 Å². The largest absolute Gasteiger partial charge is 0.463 e. The van der Waals surface area contributed by atoms with E-state index in [2.05, 4.69) is 78.2 Å². The molecule has 0 N–H and O–H groups in total. The van der Waals surface area contributed by atoms with Gasteiger partial charge in [-0.15, -0.1) is 34.9 Å². The lowest BCUT2D eigenvalue weighted by atomic mass is 10.2. The maximum atomic E-state index is 6.00. The van der Waals surface area contributed by atoms with Crippen molar-refractivity contribution in [1.82, 2.24) is 0 Å². The fraction of sp³-hybridized carbons (Fsp3) is 0.0909. The number of thiophene rings is 1. The average molecular weight is 395 g/mol. The molecule has 2 heterocycles. The van der Waals surface area contributed by atoms with E-state index in [9.17, 15) is 0 Å². The highest BCUT2D eigenvalue weighted by Crippen LogP contribution is 2.37. The summed E-state index contributed by atoms with van der Waals surface area (Å²) in [7, 11) is 0. The third kappa shape index (κ3) is 4.26. The molecule has 4 heteroatoms. The molecule has 0 spiro atoms. The number of rotatable bonds is 7. The van der Waals surface area contributed by atoms with Crippen molar-refractivity contribution in [1.29, 1.82) is 0 Å². The molecule has 0 fully saturated rings. The van der Waals surface area contributed by atoms with E-state index in [4.69, 9.17) is 4.42 Å². The molecule has 0 bridgehead atoms. The Kier molecular flexibility index (Phi) is 5.85. The lowest BCUT2D eigenvalue weighted by Gasteiger charge is -2.06. The fourth-order valence-electron chi connectivity index (χ4n) is 2.66. The van der Waals surface area contributed by atoms with Crippen molar-refractivity contribution in [3.05, 3.63) is 95.6 Å². The molecule has 0 atom stereocenters. The summed E-state index contributed by atoms with van der Waals surface area (Å²) in [5.41, 5.74) is 2.59. The molecule has 0 unspecified atom stereocenters. The zero-order chi connectivity index (χ0) is 17.6. The van der Waals surface area contributed by atoms with Gasteiger partial charge in [-0.1, -0.05) is 42.5 Å². The Morgan fingerprint density at radius 3 is 2.00 bits per heavy atom. The van der Waals surface area contributed by atoms with Crippen LogP contribution in [0.3, 0.4) is 0 Å². The van der Waals surface area contributed by atoms with Crippen LogP contribution < -0.4 is 0 Å². The minimum absolute atomic E-state index is 0.915. The van der Waals surface area contributed by atoms with Crippen LogP contribution in [0.4, 0.5) is 0 Å². The van der Waals surface area contributed by atoms with E-state index in [-0.39, 0.29) is 0 Å². The van der Waals surface area contributed by atoms with Crippen LogP contribution in [0.1, 0.15) is 11.1 Å². The monoisotopic (exact) mass is 394 g/mol. The van der Waals surface area contributed by atoms with Crippen LogP contribution in [0.2, 0.25) is 0 Å². The first kappa shape index (κ1) is 17.5. The van der Waals surface area contributed by atoms with Gasteiger partial charge in [0.25, 0.3) is 0 Å². The summed E-state index contributed by atoms with van der Waals surface area (Å²) < 4.78 is 6.00. The van der Waals surface area contributed by atoms with Crippen LogP contribution in [-0.4, -0.2) is 0 Å². The van der Waals surface area contributed by atoms with Gasteiger partial charge in [0.05, 0.1) is 11.1 Å². The molecular formula is C22H18OS3. The highest BCUT2D eigenvalue weighted by Gasteiger charge is 2.16. The Morgan fingerprint density at radius 2 is 1.38 bits per heavy atom. The second-order valence-corrected chi connectivity index (χ2v) is 8.79. The molecule has 0 aliphatic rings. The number of furan rings is 1. The SMILES string of the molecule is c1ccc(SCc2coc(-c3cccs3)c2CSc2ccccc2)cc1. The Bertz CT molecular complexity index is 928. The molecular weight excluding hydrogens is 376 g/mol. The maximum absolute atomic E-state index is 6.00. The molecule has 130 valence electrons. The minimum Gasteiger partial charge on any atom is -0.463 e. The van der Waals surface area contributed by atoms with Crippen LogP contribution in [0.5, 0.6) is 0 Å². The molecule has 4 rings (SSSR count). The van der Waals surface area contributed by atoms with Gasteiger partial charge in [-0.25, -0.2) is 0 Å². The van der Waals surface area contributed by atoms with E-state index in [1.807, 2.05) is 29.8 Å². The summed E-state index contributed by atoms with van der Waals surface area (Å²) in [6.07, 6.45) is 1.94. The molecule has 26 heavy (non-hydrogen) atoms. The maximum Gasteiger partial charge on any atom is 0.148 e. The number of hydrogen-bond donors (Lipinski definition) is 0. The van der Waals surface area contributed by atoms with Gasteiger partial charge in [-0.2, -0.15) is 0 Å². The smallest absolute Gasteiger partial charge is 0.148 e. The summed E-state index contributed by atoms with van der Waals surface area (Å²) in [4.78, 5) is 3.77. The van der Waals surface area contributed by atoms with Gasteiger partial charge in [0, 0.05) is 32.4 Å². The van der Waals surface area contributed by atoms with Gasteiger partial charge < -0.3 is 4.42 Å². The molecule has 0 radical (unpaired) electrons. The summed E-state index contributed by atoms with van der Waals surface area (Å²) in [5.74, 6) is 2.86. The molecule has 4 aromatic rings. The Balaban J connectivity index is 1.57. The quantitative estimate of drug-likeness (QED) is 0.300. The first-order valence-electron chi connectivity index (χ1n) is 8.39. The van der Waals surface area contributed by atoms with Crippen LogP contribution in [-0.2, 0) is 11.5 Å².